The topological polar surface area (TPSA) is 49.8 Å². The highest BCUT2D eigenvalue weighted by Crippen LogP contribution is 2.30. The SMILES string of the molecule is COc1cc(C)ccc1N(C)C(=O)c1ccccc1O. The van der Waals surface area contributed by atoms with E-state index < -0.39 is 0 Å². The normalized spacial score (nSPS) is 10.2. The van der Waals surface area contributed by atoms with E-state index in [1.807, 2.05) is 25.1 Å². The summed E-state index contributed by atoms with van der Waals surface area (Å²) >= 11 is 0. The lowest BCUT2D eigenvalue weighted by atomic mass is 10.1. The number of aryl methyl sites for hydroxylation is 1. The van der Waals surface area contributed by atoms with Gasteiger partial charge in [-0.1, -0.05) is 18.2 Å². The predicted octanol–water partition coefficient (Wildman–Crippen LogP) is 2.99. The van der Waals surface area contributed by atoms with Gasteiger partial charge in [-0.25, -0.2) is 0 Å². The van der Waals surface area contributed by atoms with E-state index in [4.69, 9.17) is 4.74 Å². The van der Waals surface area contributed by atoms with E-state index in [-0.39, 0.29) is 17.2 Å². The van der Waals surface area contributed by atoms with Crippen molar-refractivity contribution in [1.29, 1.82) is 0 Å². The molecule has 1 amide bonds. The zero-order chi connectivity index (χ0) is 14.7. The highest BCUT2D eigenvalue weighted by Gasteiger charge is 2.19. The number of benzene rings is 2. The zero-order valence-electron chi connectivity index (χ0n) is 11.8. The molecule has 1 N–H and O–H groups in total. The Kier molecular flexibility index (Phi) is 3.94. The molecule has 0 fully saturated rings. The van der Waals surface area contributed by atoms with Gasteiger partial charge in [0.05, 0.1) is 18.4 Å². The Hall–Kier alpha value is -2.49. The number of hydrogen-bond acceptors (Lipinski definition) is 3. The molecule has 0 aliphatic carbocycles. The molecule has 0 aliphatic rings. The van der Waals surface area contributed by atoms with E-state index in [1.165, 1.54) is 11.0 Å². The maximum absolute atomic E-state index is 12.4. The van der Waals surface area contributed by atoms with Crippen molar-refractivity contribution in [3.63, 3.8) is 0 Å². The smallest absolute Gasteiger partial charge is 0.261 e. The second-order valence-electron chi connectivity index (χ2n) is 4.56. The number of phenols is 1. The summed E-state index contributed by atoms with van der Waals surface area (Å²) in [6.07, 6.45) is 0. The summed E-state index contributed by atoms with van der Waals surface area (Å²) in [5.41, 5.74) is 1.97. The Morgan fingerprint density at radius 1 is 1.20 bits per heavy atom. The molecule has 4 heteroatoms. The van der Waals surface area contributed by atoms with Crippen LogP contribution in [0.4, 0.5) is 5.69 Å². The molecular weight excluding hydrogens is 254 g/mol. The van der Waals surface area contributed by atoms with Crippen molar-refractivity contribution < 1.29 is 14.6 Å². The number of ether oxygens (including phenoxy) is 1. The number of methoxy groups -OCH3 is 1. The van der Waals surface area contributed by atoms with Crippen LogP contribution in [0, 0.1) is 6.92 Å². The molecule has 0 saturated heterocycles. The molecule has 0 saturated carbocycles. The van der Waals surface area contributed by atoms with Gasteiger partial charge in [0.25, 0.3) is 5.91 Å². The van der Waals surface area contributed by atoms with Crippen LogP contribution >= 0.6 is 0 Å². The molecule has 0 bridgehead atoms. The number of carbonyl (C=O) groups is 1. The van der Waals surface area contributed by atoms with Gasteiger partial charge in [-0.3, -0.25) is 4.79 Å². The molecule has 0 spiro atoms. The van der Waals surface area contributed by atoms with Gasteiger partial charge in [-0.2, -0.15) is 0 Å². The maximum atomic E-state index is 12.4. The second-order valence-corrected chi connectivity index (χ2v) is 4.56. The number of anilines is 1. The number of phenolic OH excluding ortho intramolecular Hbond substituents is 1. The second kappa shape index (κ2) is 5.65. The molecule has 4 nitrogen and oxygen atoms in total. The van der Waals surface area contributed by atoms with E-state index in [0.717, 1.165) is 5.56 Å². The Morgan fingerprint density at radius 2 is 1.90 bits per heavy atom. The van der Waals surface area contributed by atoms with Crippen molar-refractivity contribution in [2.75, 3.05) is 19.1 Å². The first-order valence-electron chi connectivity index (χ1n) is 6.25. The molecule has 104 valence electrons. The van der Waals surface area contributed by atoms with Crippen molar-refractivity contribution in [3.8, 4) is 11.5 Å². The van der Waals surface area contributed by atoms with Gasteiger partial charge in [-0.05, 0) is 36.8 Å². The third kappa shape index (κ3) is 2.59. The fourth-order valence-corrected chi connectivity index (χ4v) is 2.01. The summed E-state index contributed by atoms with van der Waals surface area (Å²) in [6.45, 7) is 1.96. The van der Waals surface area contributed by atoms with Gasteiger partial charge < -0.3 is 14.7 Å². The van der Waals surface area contributed by atoms with E-state index in [9.17, 15) is 9.90 Å². The number of amides is 1. The zero-order valence-corrected chi connectivity index (χ0v) is 11.8. The summed E-state index contributed by atoms with van der Waals surface area (Å²) < 4.78 is 5.31. The summed E-state index contributed by atoms with van der Waals surface area (Å²) in [6, 6.07) is 12.1. The highest BCUT2D eigenvalue weighted by atomic mass is 16.5. The lowest BCUT2D eigenvalue weighted by Gasteiger charge is -2.20. The molecule has 0 radical (unpaired) electrons. The Morgan fingerprint density at radius 3 is 2.55 bits per heavy atom. The van der Waals surface area contributed by atoms with Crippen LogP contribution in [-0.4, -0.2) is 25.2 Å². The molecule has 0 heterocycles. The van der Waals surface area contributed by atoms with Gasteiger partial charge in [0, 0.05) is 7.05 Å². The van der Waals surface area contributed by atoms with Crippen LogP contribution in [0.5, 0.6) is 11.5 Å². The number of carbonyl (C=O) groups excluding carboxylic acids is 1. The van der Waals surface area contributed by atoms with Crippen molar-refractivity contribution in [3.05, 3.63) is 53.6 Å². The summed E-state index contributed by atoms with van der Waals surface area (Å²) in [5.74, 6) is 0.303. The van der Waals surface area contributed by atoms with Gasteiger partial charge >= 0.3 is 0 Å². The molecule has 20 heavy (non-hydrogen) atoms. The van der Waals surface area contributed by atoms with Gasteiger partial charge in [0.15, 0.2) is 0 Å². The molecule has 2 aromatic rings. The first-order chi connectivity index (χ1) is 9.54. The predicted molar refractivity (Wildman–Crippen MR) is 78.6 cm³/mol. The van der Waals surface area contributed by atoms with Gasteiger partial charge in [-0.15, -0.1) is 0 Å². The van der Waals surface area contributed by atoms with Crippen LogP contribution < -0.4 is 9.64 Å². The maximum Gasteiger partial charge on any atom is 0.261 e. The number of hydrogen-bond donors (Lipinski definition) is 1. The van der Waals surface area contributed by atoms with Crippen molar-refractivity contribution in [2.45, 2.75) is 6.92 Å². The molecular formula is C16H17NO3. The van der Waals surface area contributed by atoms with Crippen LogP contribution in [0.25, 0.3) is 0 Å². The first-order valence-corrected chi connectivity index (χ1v) is 6.25. The Labute approximate surface area is 118 Å². The van der Waals surface area contributed by atoms with E-state index in [0.29, 0.717) is 11.4 Å². The Bertz CT molecular complexity index is 637. The van der Waals surface area contributed by atoms with E-state index in [2.05, 4.69) is 0 Å². The molecule has 0 unspecified atom stereocenters. The minimum atomic E-state index is -0.287. The van der Waals surface area contributed by atoms with Crippen molar-refractivity contribution >= 4 is 11.6 Å². The van der Waals surface area contributed by atoms with Crippen LogP contribution in [-0.2, 0) is 0 Å². The molecule has 0 atom stereocenters. The van der Waals surface area contributed by atoms with E-state index in [1.54, 1.807) is 32.4 Å². The largest absolute Gasteiger partial charge is 0.507 e. The number of para-hydroxylation sites is 1. The number of nitrogens with zero attached hydrogens (tertiary/aromatic N) is 1. The third-order valence-corrected chi connectivity index (χ3v) is 3.14. The lowest BCUT2D eigenvalue weighted by Crippen LogP contribution is -2.26. The molecule has 2 aromatic carbocycles. The van der Waals surface area contributed by atoms with Crippen LogP contribution in [0.15, 0.2) is 42.5 Å². The van der Waals surface area contributed by atoms with Crippen molar-refractivity contribution in [2.24, 2.45) is 0 Å². The molecule has 0 aliphatic heterocycles. The minimum Gasteiger partial charge on any atom is -0.507 e. The van der Waals surface area contributed by atoms with Crippen LogP contribution in [0.2, 0.25) is 0 Å². The fourth-order valence-electron chi connectivity index (χ4n) is 2.01. The van der Waals surface area contributed by atoms with Crippen molar-refractivity contribution in [1.82, 2.24) is 0 Å². The minimum absolute atomic E-state index is 0.0320. The number of rotatable bonds is 3. The highest BCUT2D eigenvalue weighted by molar-refractivity contribution is 6.08. The Balaban J connectivity index is 2.39. The summed E-state index contributed by atoms with van der Waals surface area (Å²) in [4.78, 5) is 13.9. The summed E-state index contributed by atoms with van der Waals surface area (Å²) in [5, 5.41) is 9.77. The quantitative estimate of drug-likeness (QED) is 0.933. The van der Waals surface area contributed by atoms with Gasteiger partial charge in [0.1, 0.15) is 11.5 Å². The molecule has 2 rings (SSSR count). The monoisotopic (exact) mass is 271 g/mol. The average molecular weight is 271 g/mol. The van der Waals surface area contributed by atoms with E-state index >= 15 is 0 Å². The average Bonchev–Trinajstić information content (AvgIpc) is 2.46. The standard InChI is InChI=1S/C16H17NO3/c1-11-8-9-13(15(10-11)20-3)17(2)16(19)12-6-4-5-7-14(12)18/h4-10,18H,1-3H3. The van der Waals surface area contributed by atoms with Gasteiger partial charge in [0.2, 0.25) is 0 Å². The molecule has 0 aromatic heterocycles. The lowest BCUT2D eigenvalue weighted by molar-refractivity contribution is 0.0990. The number of aromatic hydroxyl groups is 1. The third-order valence-electron chi connectivity index (χ3n) is 3.14. The summed E-state index contributed by atoms with van der Waals surface area (Å²) in [7, 11) is 3.22. The first kappa shape index (κ1) is 13.9. The van der Waals surface area contributed by atoms with Crippen LogP contribution in [0.1, 0.15) is 15.9 Å². The fraction of sp³-hybridized carbons (Fsp3) is 0.188. The van der Waals surface area contributed by atoms with Crippen LogP contribution in [0.3, 0.4) is 0 Å².